The van der Waals surface area contributed by atoms with Gasteiger partial charge in [-0.3, -0.25) is 0 Å². The molecule has 1 heterocycles. The van der Waals surface area contributed by atoms with Gasteiger partial charge >= 0.3 is 0 Å². The fraction of sp³-hybridized carbons (Fsp3) is 0.429. The lowest BCUT2D eigenvalue weighted by Crippen LogP contribution is -2.08. The van der Waals surface area contributed by atoms with E-state index in [0.29, 0.717) is 6.54 Å². The number of benzene rings is 1. The van der Waals surface area contributed by atoms with Gasteiger partial charge in [0.15, 0.2) is 0 Å². The van der Waals surface area contributed by atoms with Crippen molar-refractivity contribution in [1.29, 1.82) is 0 Å². The van der Waals surface area contributed by atoms with Crippen LogP contribution in [0.2, 0.25) is 0 Å². The van der Waals surface area contributed by atoms with Gasteiger partial charge in [-0.25, -0.2) is 4.68 Å². The van der Waals surface area contributed by atoms with E-state index in [0.717, 1.165) is 25.1 Å². The maximum atomic E-state index is 5.69. The Bertz CT molecular complexity index is 478. The topological polar surface area (TPSA) is 56.7 Å². The number of hydrogen-bond acceptors (Lipinski definition) is 3. The van der Waals surface area contributed by atoms with Gasteiger partial charge in [0.2, 0.25) is 0 Å². The van der Waals surface area contributed by atoms with Gasteiger partial charge in [-0.05, 0) is 32.3 Å². The van der Waals surface area contributed by atoms with Gasteiger partial charge in [0.25, 0.3) is 0 Å². The van der Waals surface area contributed by atoms with Gasteiger partial charge < -0.3 is 5.73 Å². The zero-order chi connectivity index (χ0) is 13.0. The Kier molecular flexibility index (Phi) is 4.10. The summed E-state index contributed by atoms with van der Waals surface area (Å²) in [6.45, 7) is 5.48. The monoisotopic (exact) mass is 244 g/mol. The molecule has 0 saturated carbocycles. The quantitative estimate of drug-likeness (QED) is 0.873. The van der Waals surface area contributed by atoms with Crippen molar-refractivity contribution in [2.24, 2.45) is 5.73 Å². The van der Waals surface area contributed by atoms with Crippen LogP contribution in [0.5, 0.6) is 0 Å². The third kappa shape index (κ3) is 2.76. The molecule has 18 heavy (non-hydrogen) atoms. The van der Waals surface area contributed by atoms with Crippen LogP contribution in [-0.4, -0.2) is 15.0 Å². The van der Waals surface area contributed by atoms with E-state index >= 15 is 0 Å². The van der Waals surface area contributed by atoms with Crippen LogP contribution in [0, 0.1) is 6.92 Å². The number of aromatic nitrogens is 3. The SMILES string of the molecule is CCn1nnc(CN)c1CCc1ccc(C)cc1. The van der Waals surface area contributed by atoms with Crippen LogP contribution in [0.25, 0.3) is 0 Å². The van der Waals surface area contributed by atoms with E-state index in [-0.39, 0.29) is 0 Å². The molecule has 0 aliphatic carbocycles. The van der Waals surface area contributed by atoms with Crippen LogP contribution in [-0.2, 0) is 25.9 Å². The summed E-state index contributed by atoms with van der Waals surface area (Å²) >= 11 is 0. The molecule has 0 spiro atoms. The Hall–Kier alpha value is -1.68. The molecule has 0 fully saturated rings. The molecule has 0 aliphatic heterocycles. The number of aryl methyl sites for hydroxylation is 3. The average molecular weight is 244 g/mol. The maximum absolute atomic E-state index is 5.69. The first kappa shape index (κ1) is 12.8. The fourth-order valence-electron chi connectivity index (χ4n) is 2.07. The second-order valence-electron chi connectivity index (χ2n) is 4.49. The van der Waals surface area contributed by atoms with Gasteiger partial charge in [0.05, 0.1) is 11.4 Å². The maximum Gasteiger partial charge on any atom is 0.0994 e. The standard InChI is InChI=1S/C14H20N4/c1-3-18-14(13(10-15)16-17-18)9-8-12-6-4-11(2)5-7-12/h4-7H,3,8-10,15H2,1-2H3. The minimum absolute atomic E-state index is 0.462. The highest BCUT2D eigenvalue weighted by molar-refractivity contribution is 5.22. The zero-order valence-corrected chi connectivity index (χ0v) is 11.1. The van der Waals surface area contributed by atoms with E-state index in [9.17, 15) is 0 Å². The van der Waals surface area contributed by atoms with Crippen molar-refractivity contribution in [2.75, 3.05) is 0 Å². The molecule has 1 aromatic carbocycles. The van der Waals surface area contributed by atoms with Crippen LogP contribution in [0.3, 0.4) is 0 Å². The van der Waals surface area contributed by atoms with Crippen molar-refractivity contribution < 1.29 is 0 Å². The molecule has 4 heteroatoms. The van der Waals surface area contributed by atoms with E-state index in [4.69, 9.17) is 5.73 Å². The third-order valence-electron chi connectivity index (χ3n) is 3.18. The average Bonchev–Trinajstić information content (AvgIpc) is 2.80. The molecule has 0 atom stereocenters. The van der Waals surface area contributed by atoms with Gasteiger partial charge in [-0.2, -0.15) is 0 Å². The van der Waals surface area contributed by atoms with E-state index in [2.05, 4.69) is 48.4 Å². The summed E-state index contributed by atoms with van der Waals surface area (Å²) < 4.78 is 1.94. The summed E-state index contributed by atoms with van der Waals surface area (Å²) in [6, 6.07) is 8.65. The molecule has 0 radical (unpaired) electrons. The number of nitrogens with zero attached hydrogens (tertiary/aromatic N) is 3. The third-order valence-corrected chi connectivity index (χ3v) is 3.18. The second kappa shape index (κ2) is 5.78. The van der Waals surface area contributed by atoms with Crippen molar-refractivity contribution in [3.63, 3.8) is 0 Å². The van der Waals surface area contributed by atoms with Crippen LogP contribution < -0.4 is 5.73 Å². The van der Waals surface area contributed by atoms with Gasteiger partial charge in [0, 0.05) is 13.1 Å². The van der Waals surface area contributed by atoms with E-state index < -0.39 is 0 Å². The molecule has 0 saturated heterocycles. The van der Waals surface area contributed by atoms with Crippen molar-refractivity contribution in [1.82, 2.24) is 15.0 Å². The highest BCUT2D eigenvalue weighted by Gasteiger charge is 2.10. The predicted octanol–water partition coefficient (Wildman–Crippen LogP) is 1.85. The first-order chi connectivity index (χ1) is 8.74. The van der Waals surface area contributed by atoms with Crippen LogP contribution in [0.1, 0.15) is 29.4 Å². The van der Waals surface area contributed by atoms with Gasteiger partial charge in [-0.15, -0.1) is 5.10 Å². The summed E-state index contributed by atoms with van der Waals surface area (Å²) in [6.07, 6.45) is 1.94. The van der Waals surface area contributed by atoms with Gasteiger partial charge in [0.1, 0.15) is 0 Å². The molecule has 0 amide bonds. The zero-order valence-electron chi connectivity index (χ0n) is 11.1. The highest BCUT2D eigenvalue weighted by atomic mass is 15.4. The summed E-state index contributed by atoms with van der Waals surface area (Å²) in [5.41, 5.74) is 10.4. The molecule has 2 rings (SSSR count). The molecular formula is C14H20N4. The number of hydrogen-bond donors (Lipinski definition) is 1. The van der Waals surface area contributed by atoms with Crippen LogP contribution in [0.4, 0.5) is 0 Å². The molecule has 0 bridgehead atoms. The Morgan fingerprint density at radius 3 is 2.50 bits per heavy atom. The van der Waals surface area contributed by atoms with E-state index in [1.54, 1.807) is 0 Å². The van der Waals surface area contributed by atoms with Crippen LogP contribution >= 0.6 is 0 Å². The van der Waals surface area contributed by atoms with Crippen molar-refractivity contribution in [3.8, 4) is 0 Å². The molecule has 4 nitrogen and oxygen atoms in total. The largest absolute Gasteiger partial charge is 0.325 e. The predicted molar refractivity (Wildman–Crippen MR) is 72.2 cm³/mol. The minimum atomic E-state index is 0.462. The number of rotatable bonds is 5. The normalized spacial score (nSPS) is 10.8. The molecule has 2 aromatic rings. The summed E-state index contributed by atoms with van der Waals surface area (Å²) in [4.78, 5) is 0. The summed E-state index contributed by atoms with van der Waals surface area (Å²) in [7, 11) is 0. The Morgan fingerprint density at radius 1 is 1.17 bits per heavy atom. The van der Waals surface area contributed by atoms with Gasteiger partial charge in [-0.1, -0.05) is 35.0 Å². The fourth-order valence-corrected chi connectivity index (χ4v) is 2.07. The first-order valence-corrected chi connectivity index (χ1v) is 6.41. The molecular weight excluding hydrogens is 224 g/mol. The van der Waals surface area contributed by atoms with E-state index in [1.807, 2.05) is 4.68 Å². The minimum Gasteiger partial charge on any atom is -0.325 e. The van der Waals surface area contributed by atoms with Crippen molar-refractivity contribution >= 4 is 0 Å². The lowest BCUT2D eigenvalue weighted by Gasteiger charge is -2.06. The summed E-state index contributed by atoms with van der Waals surface area (Å²) in [5, 5.41) is 8.24. The smallest absolute Gasteiger partial charge is 0.0994 e. The Balaban J connectivity index is 2.09. The first-order valence-electron chi connectivity index (χ1n) is 6.41. The summed E-state index contributed by atoms with van der Waals surface area (Å²) in [5.74, 6) is 0. The van der Waals surface area contributed by atoms with Crippen LogP contribution in [0.15, 0.2) is 24.3 Å². The molecule has 96 valence electrons. The highest BCUT2D eigenvalue weighted by Crippen LogP contribution is 2.11. The lowest BCUT2D eigenvalue weighted by molar-refractivity contribution is 0.595. The lowest BCUT2D eigenvalue weighted by atomic mass is 10.1. The Labute approximate surface area is 108 Å². The number of nitrogens with two attached hydrogens (primary N) is 1. The second-order valence-corrected chi connectivity index (χ2v) is 4.49. The molecule has 0 aliphatic rings. The molecule has 2 N–H and O–H groups in total. The van der Waals surface area contributed by atoms with Crippen molar-refractivity contribution in [3.05, 3.63) is 46.8 Å². The molecule has 0 unspecified atom stereocenters. The van der Waals surface area contributed by atoms with Crippen molar-refractivity contribution in [2.45, 2.75) is 39.8 Å². The molecule has 1 aromatic heterocycles. The van der Waals surface area contributed by atoms with E-state index in [1.165, 1.54) is 16.8 Å². The Morgan fingerprint density at radius 2 is 1.89 bits per heavy atom.